The quantitative estimate of drug-likeness (QED) is 0.536. The van der Waals surface area contributed by atoms with Gasteiger partial charge in [0, 0.05) is 0 Å². The number of rotatable bonds is 8. The van der Waals surface area contributed by atoms with Crippen molar-refractivity contribution in [1.29, 1.82) is 0 Å². The second-order valence-electron chi connectivity index (χ2n) is 4.33. The summed E-state index contributed by atoms with van der Waals surface area (Å²) in [6, 6.07) is 0. The van der Waals surface area contributed by atoms with E-state index in [2.05, 4.69) is 0 Å². The summed E-state index contributed by atoms with van der Waals surface area (Å²) >= 11 is 0. The van der Waals surface area contributed by atoms with Crippen LogP contribution in [0.15, 0.2) is 11.6 Å². The van der Waals surface area contributed by atoms with Crippen LogP contribution in [0.5, 0.6) is 0 Å². The van der Waals surface area contributed by atoms with Crippen molar-refractivity contribution in [3.63, 3.8) is 0 Å². The van der Waals surface area contributed by atoms with E-state index in [1.807, 2.05) is 19.9 Å². The fourth-order valence-electron chi connectivity index (χ4n) is 1.40. The van der Waals surface area contributed by atoms with E-state index < -0.39 is 12.9 Å². The van der Waals surface area contributed by atoms with Gasteiger partial charge in [-0.25, -0.2) is 0 Å². The van der Waals surface area contributed by atoms with Crippen LogP contribution < -0.4 is 5.73 Å². The maximum absolute atomic E-state index is 12.5. The lowest BCUT2D eigenvalue weighted by molar-refractivity contribution is 0.196. The first-order valence-electron chi connectivity index (χ1n) is 6.12. The fourth-order valence-corrected chi connectivity index (χ4v) is 3.13. The van der Waals surface area contributed by atoms with Gasteiger partial charge in [-0.15, -0.1) is 0 Å². The van der Waals surface area contributed by atoms with Crippen LogP contribution in [0, 0.1) is 0 Å². The van der Waals surface area contributed by atoms with Crippen LogP contribution in [0.3, 0.4) is 0 Å². The molecule has 0 aromatic carbocycles. The zero-order chi connectivity index (χ0) is 13.5. The monoisotopic (exact) mass is 263 g/mol. The van der Waals surface area contributed by atoms with Crippen molar-refractivity contribution in [2.24, 2.45) is 5.73 Å². The standard InChI is InChI=1S/C12H26NO3P/c1-6-11(4)9-10-12(5,13)17(14,15-7-2)16-8-3/h6H,7-10,13H2,1-5H3/b11-6+. The number of allylic oxidation sites excluding steroid dienone is 2. The highest BCUT2D eigenvalue weighted by Gasteiger charge is 2.43. The third kappa shape index (κ3) is 4.92. The molecule has 0 fully saturated rings. The van der Waals surface area contributed by atoms with E-state index in [1.165, 1.54) is 5.57 Å². The summed E-state index contributed by atoms with van der Waals surface area (Å²) in [5, 5.41) is -0.941. The van der Waals surface area contributed by atoms with Crippen molar-refractivity contribution in [2.45, 2.75) is 52.7 Å². The molecule has 0 aliphatic carbocycles. The van der Waals surface area contributed by atoms with Crippen LogP contribution in [0.2, 0.25) is 0 Å². The van der Waals surface area contributed by atoms with E-state index in [0.717, 1.165) is 6.42 Å². The first kappa shape index (κ1) is 16.9. The molecule has 5 heteroatoms. The SMILES string of the molecule is C/C=C(\C)CCC(C)(N)P(=O)(OCC)OCC. The minimum absolute atomic E-state index is 0.340. The van der Waals surface area contributed by atoms with Crippen LogP contribution >= 0.6 is 7.60 Å². The van der Waals surface area contributed by atoms with E-state index in [9.17, 15) is 4.57 Å². The first-order valence-corrected chi connectivity index (χ1v) is 7.67. The van der Waals surface area contributed by atoms with Gasteiger partial charge in [-0.1, -0.05) is 11.6 Å². The topological polar surface area (TPSA) is 61.6 Å². The third-order valence-corrected chi connectivity index (χ3v) is 5.41. The number of hydrogen-bond donors (Lipinski definition) is 1. The zero-order valence-corrected chi connectivity index (χ0v) is 12.5. The van der Waals surface area contributed by atoms with E-state index in [0.29, 0.717) is 19.6 Å². The van der Waals surface area contributed by atoms with Crippen LogP contribution in [-0.4, -0.2) is 18.5 Å². The highest BCUT2D eigenvalue weighted by molar-refractivity contribution is 7.55. The lowest BCUT2D eigenvalue weighted by atomic mass is 10.1. The predicted octanol–water partition coefficient (Wildman–Crippen LogP) is 3.67. The molecule has 0 bridgehead atoms. The van der Waals surface area contributed by atoms with Gasteiger partial charge in [0.15, 0.2) is 0 Å². The molecule has 0 radical (unpaired) electrons. The molecular formula is C12H26NO3P. The van der Waals surface area contributed by atoms with Gasteiger partial charge in [-0.3, -0.25) is 4.57 Å². The molecule has 0 saturated heterocycles. The molecule has 4 nitrogen and oxygen atoms in total. The Morgan fingerprint density at radius 3 is 2.18 bits per heavy atom. The molecule has 0 spiro atoms. The molecule has 0 aliphatic heterocycles. The minimum atomic E-state index is -3.24. The number of hydrogen-bond acceptors (Lipinski definition) is 4. The zero-order valence-electron chi connectivity index (χ0n) is 11.7. The second kappa shape index (κ2) is 7.32. The van der Waals surface area contributed by atoms with Crippen molar-refractivity contribution in [3.05, 3.63) is 11.6 Å². The van der Waals surface area contributed by atoms with Crippen LogP contribution in [0.25, 0.3) is 0 Å². The van der Waals surface area contributed by atoms with Crippen LogP contribution in [0.1, 0.15) is 47.5 Å². The lowest BCUT2D eigenvalue weighted by Gasteiger charge is -2.32. The smallest absolute Gasteiger partial charge is 0.315 e. The molecule has 1 unspecified atom stereocenters. The summed E-state index contributed by atoms with van der Waals surface area (Å²) in [6.07, 6.45) is 3.41. The maximum atomic E-state index is 12.5. The molecule has 0 saturated carbocycles. The largest absolute Gasteiger partial charge is 0.350 e. The summed E-state index contributed by atoms with van der Waals surface area (Å²) in [5.41, 5.74) is 7.35. The summed E-state index contributed by atoms with van der Waals surface area (Å²) in [6.45, 7) is 10.0. The van der Waals surface area contributed by atoms with Gasteiger partial charge in [-0.2, -0.15) is 0 Å². The summed E-state index contributed by atoms with van der Waals surface area (Å²) in [5.74, 6) is 0. The highest BCUT2D eigenvalue weighted by atomic mass is 31.2. The normalized spacial score (nSPS) is 16.9. The third-order valence-electron chi connectivity index (χ3n) is 2.74. The Kier molecular flexibility index (Phi) is 7.26. The van der Waals surface area contributed by atoms with Gasteiger partial charge < -0.3 is 14.8 Å². The Morgan fingerprint density at radius 2 is 1.82 bits per heavy atom. The van der Waals surface area contributed by atoms with Crippen molar-refractivity contribution in [3.8, 4) is 0 Å². The second-order valence-corrected chi connectivity index (χ2v) is 6.86. The van der Waals surface area contributed by atoms with Gasteiger partial charge >= 0.3 is 7.60 Å². The lowest BCUT2D eigenvalue weighted by Crippen LogP contribution is -2.37. The molecule has 0 aromatic heterocycles. The summed E-state index contributed by atoms with van der Waals surface area (Å²) in [7, 11) is -3.24. The molecule has 17 heavy (non-hydrogen) atoms. The molecule has 0 aromatic rings. The van der Waals surface area contributed by atoms with E-state index in [-0.39, 0.29) is 0 Å². The fraction of sp³-hybridized carbons (Fsp3) is 0.833. The van der Waals surface area contributed by atoms with Crippen molar-refractivity contribution < 1.29 is 13.6 Å². The van der Waals surface area contributed by atoms with Gasteiger partial charge in [0.05, 0.1) is 13.2 Å². The Hall–Kier alpha value is -0.150. The Bertz CT molecular complexity index is 290. The summed E-state index contributed by atoms with van der Waals surface area (Å²) < 4.78 is 23.1. The minimum Gasteiger partial charge on any atom is -0.315 e. The molecule has 1 atom stereocenters. The van der Waals surface area contributed by atoms with Gasteiger partial charge in [0.2, 0.25) is 0 Å². The van der Waals surface area contributed by atoms with E-state index in [1.54, 1.807) is 20.8 Å². The van der Waals surface area contributed by atoms with Gasteiger partial charge in [0.1, 0.15) is 5.28 Å². The van der Waals surface area contributed by atoms with Crippen molar-refractivity contribution in [1.82, 2.24) is 0 Å². The van der Waals surface area contributed by atoms with Crippen LogP contribution in [-0.2, 0) is 13.6 Å². The maximum Gasteiger partial charge on any atom is 0.350 e. The summed E-state index contributed by atoms with van der Waals surface area (Å²) in [4.78, 5) is 0. The predicted molar refractivity (Wildman–Crippen MR) is 72.1 cm³/mol. The average Bonchev–Trinajstić information content (AvgIpc) is 2.26. The molecule has 2 N–H and O–H groups in total. The van der Waals surface area contributed by atoms with Gasteiger partial charge in [-0.05, 0) is 47.5 Å². The molecule has 0 rings (SSSR count). The molecular weight excluding hydrogens is 237 g/mol. The molecule has 0 amide bonds. The van der Waals surface area contributed by atoms with E-state index in [4.69, 9.17) is 14.8 Å². The first-order chi connectivity index (χ1) is 7.83. The average molecular weight is 263 g/mol. The Morgan fingerprint density at radius 1 is 1.35 bits per heavy atom. The van der Waals surface area contributed by atoms with Crippen molar-refractivity contribution >= 4 is 7.60 Å². The van der Waals surface area contributed by atoms with Crippen molar-refractivity contribution in [2.75, 3.05) is 13.2 Å². The molecule has 102 valence electrons. The highest BCUT2D eigenvalue weighted by Crippen LogP contribution is 2.59. The van der Waals surface area contributed by atoms with Gasteiger partial charge in [0.25, 0.3) is 0 Å². The Labute approximate surface area is 105 Å². The van der Waals surface area contributed by atoms with Crippen LogP contribution in [0.4, 0.5) is 0 Å². The van der Waals surface area contributed by atoms with E-state index >= 15 is 0 Å². The number of nitrogens with two attached hydrogens (primary N) is 1. The molecule has 0 aliphatic rings. The Balaban J connectivity index is 4.77. The molecule has 0 heterocycles.